The quantitative estimate of drug-likeness (QED) is 0.189. The third-order valence-corrected chi connectivity index (χ3v) is 4.69. The van der Waals surface area contributed by atoms with Gasteiger partial charge in [-0.2, -0.15) is 0 Å². The van der Waals surface area contributed by atoms with E-state index in [1.165, 1.54) is 19.1 Å². The van der Waals surface area contributed by atoms with E-state index in [-0.39, 0.29) is 12.2 Å². The minimum atomic E-state index is -1.56. The first-order valence-electron chi connectivity index (χ1n) is 10.3. The van der Waals surface area contributed by atoms with Crippen molar-refractivity contribution in [3.63, 3.8) is 0 Å². The van der Waals surface area contributed by atoms with Crippen LogP contribution >= 0.6 is 0 Å². The Hall–Kier alpha value is -3.67. The summed E-state index contributed by atoms with van der Waals surface area (Å²) in [7, 11) is 0. The number of hydrogen-bond donors (Lipinski definition) is 7. The Morgan fingerprint density at radius 1 is 0.879 bits per heavy atom. The van der Waals surface area contributed by atoms with E-state index in [1.807, 2.05) is 0 Å². The van der Waals surface area contributed by atoms with E-state index < -0.39 is 66.1 Å². The minimum absolute atomic E-state index is 0.0276. The van der Waals surface area contributed by atoms with Crippen LogP contribution in [-0.2, 0) is 30.4 Å². The molecule has 182 valence electrons. The fraction of sp³-hybridized carbons (Fsp3) is 0.476. The van der Waals surface area contributed by atoms with Crippen LogP contribution in [0.3, 0.4) is 0 Å². The molecule has 0 bridgehead atoms. The molecule has 0 fully saturated rings. The summed E-state index contributed by atoms with van der Waals surface area (Å²) in [6.07, 6.45) is -0.579. The van der Waals surface area contributed by atoms with Crippen molar-refractivity contribution in [2.45, 2.75) is 57.8 Å². The molecule has 12 nitrogen and oxygen atoms in total. The average Bonchev–Trinajstić information content (AvgIpc) is 2.71. The smallest absolute Gasteiger partial charge is 0.326 e. The van der Waals surface area contributed by atoms with E-state index in [0.29, 0.717) is 5.56 Å². The maximum Gasteiger partial charge on any atom is 0.326 e. The van der Waals surface area contributed by atoms with E-state index in [1.54, 1.807) is 26.0 Å². The second-order valence-corrected chi connectivity index (χ2v) is 8.02. The first kappa shape index (κ1) is 27.4. The molecule has 0 saturated carbocycles. The molecular formula is C21H31N5O7. The molecule has 12 heteroatoms. The molecule has 9 N–H and O–H groups in total. The zero-order valence-corrected chi connectivity index (χ0v) is 18.7. The molecule has 0 aliphatic rings. The first-order chi connectivity index (χ1) is 15.3. The summed E-state index contributed by atoms with van der Waals surface area (Å²) >= 11 is 0. The summed E-state index contributed by atoms with van der Waals surface area (Å²) in [4.78, 5) is 60.2. The van der Waals surface area contributed by atoms with Crippen LogP contribution in [-0.4, -0.2) is 64.0 Å². The Kier molecular flexibility index (Phi) is 10.3. The largest absolute Gasteiger partial charge is 0.508 e. The fourth-order valence-corrected chi connectivity index (χ4v) is 2.83. The molecule has 4 unspecified atom stereocenters. The van der Waals surface area contributed by atoms with Gasteiger partial charge in [0.15, 0.2) is 0 Å². The molecule has 0 saturated heterocycles. The van der Waals surface area contributed by atoms with Crippen molar-refractivity contribution >= 4 is 29.6 Å². The molecule has 4 amide bonds. The third kappa shape index (κ3) is 9.15. The van der Waals surface area contributed by atoms with E-state index in [9.17, 15) is 34.2 Å². The van der Waals surface area contributed by atoms with Gasteiger partial charge in [0.2, 0.25) is 23.6 Å². The number of phenolic OH excluding ortho intramolecular Hbond substituents is 1. The normalized spacial score (nSPS) is 14.5. The fourth-order valence-electron chi connectivity index (χ4n) is 2.83. The number of nitrogens with two attached hydrogens (primary N) is 2. The van der Waals surface area contributed by atoms with E-state index in [4.69, 9.17) is 11.5 Å². The van der Waals surface area contributed by atoms with Gasteiger partial charge in [-0.05, 0) is 30.5 Å². The SMILES string of the molecule is CC(N)C(=O)NC(Cc1ccc(O)cc1)C(=O)NC(C(=O)NC(CC(N)=O)C(=O)O)C(C)C. The predicted molar refractivity (Wildman–Crippen MR) is 118 cm³/mol. The molecule has 0 aliphatic carbocycles. The number of benzene rings is 1. The monoisotopic (exact) mass is 465 g/mol. The van der Waals surface area contributed by atoms with Crippen molar-refractivity contribution in [1.29, 1.82) is 0 Å². The molecule has 4 atom stereocenters. The van der Waals surface area contributed by atoms with Crippen molar-refractivity contribution in [2.75, 3.05) is 0 Å². The number of carboxylic acid groups (broad SMARTS) is 1. The van der Waals surface area contributed by atoms with E-state index in [0.717, 1.165) is 0 Å². The summed E-state index contributed by atoms with van der Waals surface area (Å²) in [6.45, 7) is 4.70. The van der Waals surface area contributed by atoms with Crippen LogP contribution in [0.1, 0.15) is 32.8 Å². The number of hydrogen-bond acceptors (Lipinski definition) is 7. The van der Waals surface area contributed by atoms with E-state index >= 15 is 0 Å². The number of primary amides is 1. The highest BCUT2D eigenvalue weighted by molar-refractivity contribution is 5.95. The Balaban J connectivity index is 3.05. The molecule has 0 heterocycles. The minimum Gasteiger partial charge on any atom is -0.508 e. The van der Waals surface area contributed by atoms with Gasteiger partial charge in [-0.1, -0.05) is 26.0 Å². The number of phenols is 1. The maximum absolute atomic E-state index is 13.0. The standard InChI is InChI=1S/C21H31N5O7/c1-10(2)17(20(31)25-15(21(32)33)9-16(23)28)26-19(30)14(24-18(29)11(3)22)8-12-4-6-13(27)7-5-12/h4-7,10-11,14-15,17,27H,8-9,22H2,1-3H3,(H2,23,28)(H,24,29)(H,25,31)(H,26,30)(H,32,33). The van der Waals surface area contributed by atoms with Crippen LogP contribution in [0.5, 0.6) is 5.75 Å². The number of aliphatic carboxylic acids is 1. The lowest BCUT2D eigenvalue weighted by Gasteiger charge is -2.27. The molecular weight excluding hydrogens is 434 g/mol. The summed E-state index contributed by atoms with van der Waals surface area (Å²) in [5, 5.41) is 25.9. The molecule has 1 aromatic carbocycles. The number of aromatic hydroxyl groups is 1. The number of rotatable bonds is 12. The van der Waals surface area contributed by atoms with Crippen LogP contribution in [0.15, 0.2) is 24.3 Å². The number of nitrogens with one attached hydrogen (secondary N) is 3. The van der Waals surface area contributed by atoms with Gasteiger partial charge in [-0.3, -0.25) is 19.2 Å². The maximum atomic E-state index is 13.0. The highest BCUT2D eigenvalue weighted by atomic mass is 16.4. The van der Waals surface area contributed by atoms with Gasteiger partial charge >= 0.3 is 5.97 Å². The van der Waals surface area contributed by atoms with Gasteiger partial charge in [-0.25, -0.2) is 4.79 Å². The van der Waals surface area contributed by atoms with Crippen LogP contribution < -0.4 is 27.4 Å². The summed E-state index contributed by atoms with van der Waals surface area (Å²) in [6, 6.07) is 1.26. The molecule has 0 aliphatic heterocycles. The van der Waals surface area contributed by atoms with Gasteiger partial charge < -0.3 is 37.6 Å². The summed E-state index contributed by atoms with van der Waals surface area (Å²) in [5.41, 5.74) is 11.2. The topological polar surface area (TPSA) is 214 Å². The lowest BCUT2D eigenvalue weighted by molar-refractivity contribution is -0.144. The number of carbonyl (C=O) groups is 5. The van der Waals surface area contributed by atoms with Crippen molar-refractivity contribution in [1.82, 2.24) is 16.0 Å². The highest BCUT2D eigenvalue weighted by Gasteiger charge is 2.32. The highest BCUT2D eigenvalue weighted by Crippen LogP contribution is 2.12. The summed E-state index contributed by atoms with van der Waals surface area (Å²) in [5.74, 6) is -4.92. The van der Waals surface area contributed by atoms with Gasteiger partial charge in [0, 0.05) is 6.42 Å². The van der Waals surface area contributed by atoms with Gasteiger partial charge in [0.1, 0.15) is 23.9 Å². The van der Waals surface area contributed by atoms with Crippen LogP contribution in [0.4, 0.5) is 0 Å². The van der Waals surface area contributed by atoms with Crippen molar-refractivity contribution in [2.24, 2.45) is 17.4 Å². The second-order valence-electron chi connectivity index (χ2n) is 8.02. The Morgan fingerprint density at radius 2 is 1.42 bits per heavy atom. The predicted octanol–water partition coefficient (Wildman–Crippen LogP) is -1.65. The van der Waals surface area contributed by atoms with Gasteiger partial charge in [0.05, 0.1) is 12.5 Å². The second kappa shape index (κ2) is 12.4. The van der Waals surface area contributed by atoms with Crippen LogP contribution in [0.25, 0.3) is 0 Å². The summed E-state index contributed by atoms with van der Waals surface area (Å²) < 4.78 is 0. The lowest BCUT2D eigenvalue weighted by atomic mass is 10.00. The van der Waals surface area contributed by atoms with Crippen molar-refractivity contribution < 1.29 is 34.2 Å². The molecule has 0 spiro atoms. The average molecular weight is 466 g/mol. The van der Waals surface area contributed by atoms with Gasteiger partial charge in [0.25, 0.3) is 0 Å². The first-order valence-corrected chi connectivity index (χ1v) is 10.3. The lowest BCUT2D eigenvalue weighted by Crippen LogP contribution is -2.59. The van der Waals surface area contributed by atoms with Crippen molar-refractivity contribution in [3.8, 4) is 5.75 Å². The zero-order chi connectivity index (χ0) is 25.3. The van der Waals surface area contributed by atoms with E-state index in [2.05, 4.69) is 16.0 Å². The Bertz CT molecular complexity index is 870. The molecule has 1 rings (SSSR count). The van der Waals surface area contributed by atoms with Crippen molar-refractivity contribution in [3.05, 3.63) is 29.8 Å². The third-order valence-electron chi connectivity index (χ3n) is 4.69. The zero-order valence-electron chi connectivity index (χ0n) is 18.7. The molecule has 0 radical (unpaired) electrons. The Morgan fingerprint density at radius 3 is 1.88 bits per heavy atom. The van der Waals surface area contributed by atoms with Crippen LogP contribution in [0, 0.1) is 5.92 Å². The van der Waals surface area contributed by atoms with Gasteiger partial charge in [-0.15, -0.1) is 0 Å². The van der Waals surface area contributed by atoms with Crippen LogP contribution in [0.2, 0.25) is 0 Å². The molecule has 0 aromatic heterocycles. The number of amides is 4. The Labute approximate surface area is 191 Å². The number of carbonyl (C=O) groups excluding carboxylic acids is 4. The molecule has 33 heavy (non-hydrogen) atoms. The molecule has 1 aromatic rings. The number of carboxylic acids is 1.